The van der Waals surface area contributed by atoms with Crippen LogP contribution in [0.15, 0.2) is 0 Å². The smallest absolute Gasteiger partial charge is 0.143 e. The maximum absolute atomic E-state index is 4.85. The maximum Gasteiger partial charge on any atom is 0.143 e. The van der Waals surface area contributed by atoms with Crippen molar-refractivity contribution in [3.05, 3.63) is 9.88 Å². The van der Waals surface area contributed by atoms with E-state index < -0.39 is 0 Å². The van der Waals surface area contributed by atoms with Crippen LogP contribution in [0, 0.1) is 0 Å². The van der Waals surface area contributed by atoms with Gasteiger partial charge in [-0.15, -0.1) is 11.3 Å². The number of nitrogens with zero attached hydrogens (tertiary/aromatic N) is 2. The lowest BCUT2D eigenvalue weighted by atomic mass is 9.98. The van der Waals surface area contributed by atoms with Crippen molar-refractivity contribution >= 4 is 17.2 Å². The molecule has 0 radical (unpaired) electrons. The van der Waals surface area contributed by atoms with E-state index in [-0.39, 0.29) is 11.0 Å². The van der Waals surface area contributed by atoms with Crippen LogP contribution in [0.25, 0.3) is 0 Å². The summed E-state index contributed by atoms with van der Waals surface area (Å²) in [6.45, 7) is 14.6. The van der Waals surface area contributed by atoms with Gasteiger partial charge in [0.1, 0.15) is 10.8 Å². The largest absolute Gasteiger partial charge is 0.350 e. The molecular weight excluding hydrogens is 216 g/mol. The van der Waals surface area contributed by atoms with Gasteiger partial charge in [0, 0.05) is 23.9 Å². The normalized spacial score (nSPS) is 16.8. The molecule has 2 heterocycles. The topological polar surface area (TPSA) is 16.1 Å². The van der Waals surface area contributed by atoms with Crippen molar-refractivity contribution < 1.29 is 0 Å². The van der Waals surface area contributed by atoms with Gasteiger partial charge in [-0.05, 0) is 20.8 Å². The van der Waals surface area contributed by atoms with Crippen LogP contribution in [0.3, 0.4) is 0 Å². The molecule has 0 amide bonds. The van der Waals surface area contributed by atoms with Gasteiger partial charge in [0.25, 0.3) is 0 Å². The molecule has 2 nitrogen and oxygen atoms in total. The minimum atomic E-state index is 0.179. The first-order valence-electron chi connectivity index (χ1n) is 5.97. The van der Waals surface area contributed by atoms with Gasteiger partial charge < -0.3 is 4.90 Å². The molecule has 1 aromatic heterocycles. The molecule has 1 aliphatic rings. The highest BCUT2D eigenvalue weighted by Gasteiger charge is 2.33. The van der Waals surface area contributed by atoms with Crippen LogP contribution in [0.4, 0.5) is 5.82 Å². The van der Waals surface area contributed by atoms with Gasteiger partial charge >= 0.3 is 0 Å². The highest BCUT2D eigenvalue weighted by atomic mass is 32.1. The molecule has 0 N–H and O–H groups in total. The molecule has 0 atom stereocenters. The van der Waals surface area contributed by atoms with E-state index in [1.807, 2.05) is 11.3 Å². The summed E-state index contributed by atoms with van der Waals surface area (Å²) < 4.78 is 0. The second kappa shape index (κ2) is 3.46. The molecule has 3 heteroatoms. The fourth-order valence-electron chi connectivity index (χ4n) is 2.01. The van der Waals surface area contributed by atoms with Gasteiger partial charge in [0.05, 0.1) is 4.88 Å². The van der Waals surface area contributed by atoms with Crippen LogP contribution in [0.2, 0.25) is 0 Å². The first-order chi connectivity index (χ1) is 7.19. The van der Waals surface area contributed by atoms with E-state index in [0.29, 0.717) is 0 Å². The van der Waals surface area contributed by atoms with E-state index in [0.717, 1.165) is 6.54 Å². The van der Waals surface area contributed by atoms with E-state index in [2.05, 4.69) is 46.4 Å². The molecule has 16 heavy (non-hydrogen) atoms. The molecule has 1 aromatic rings. The quantitative estimate of drug-likeness (QED) is 0.686. The summed E-state index contributed by atoms with van der Waals surface area (Å²) >= 11 is 1.90. The van der Waals surface area contributed by atoms with Crippen molar-refractivity contribution in [2.75, 3.05) is 11.4 Å². The molecule has 0 bridgehead atoms. The Kier molecular flexibility index (Phi) is 2.57. The second-order valence-electron chi connectivity index (χ2n) is 6.59. The third kappa shape index (κ3) is 1.97. The van der Waals surface area contributed by atoms with Crippen molar-refractivity contribution in [2.24, 2.45) is 0 Å². The number of rotatable bonds is 0. The van der Waals surface area contributed by atoms with Gasteiger partial charge in [0.15, 0.2) is 0 Å². The zero-order valence-electron chi connectivity index (χ0n) is 11.2. The Morgan fingerprint density at radius 1 is 1.12 bits per heavy atom. The molecule has 0 aromatic carbocycles. The van der Waals surface area contributed by atoms with Crippen molar-refractivity contribution in [1.82, 2.24) is 4.98 Å². The van der Waals surface area contributed by atoms with Crippen LogP contribution in [0.5, 0.6) is 0 Å². The van der Waals surface area contributed by atoms with Crippen LogP contribution in [-0.4, -0.2) is 17.1 Å². The highest BCUT2D eigenvalue weighted by molar-refractivity contribution is 7.12. The molecule has 0 fully saturated rings. The van der Waals surface area contributed by atoms with Crippen LogP contribution < -0.4 is 4.90 Å². The van der Waals surface area contributed by atoms with Crippen LogP contribution in [0.1, 0.15) is 51.4 Å². The first kappa shape index (κ1) is 11.9. The van der Waals surface area contributed by atoms with E-state index in [4.69, 9.17) is 4.98 Å². The molecule has 0 spiro atoms. The number of fused-ring (bicyclic) bond motifs is 1. The number of aromatic nitrogens is 1. The summed E-state index contributed by atoms with van der Waals surface area (Å²) in [4.78, 5) is 8.77. The molecule has 1 aliphatic heterocycles. The number of anilines is 1. The molecule has 0 aliphatic carbocycles. The lowest BCUT2D eigenvalue weighted by molar-refractivity contribution is 0.511. The van der Waals surface area contributed by atoms with Gasteiger partial charge in [-0.2, -0.15) is 0 Å². The standard InChI is InChI=1S/C13H22N2S/c1-12(2,3)11-14-10-9(16-11)7-8-15(10)13(4,5)6/h7-8H2,1-6H3. The molecule has 0 saturated heterocycles. The summed E-state index contributed by atoms with van der Waals surface area (Å²) in [5, 5.41) is 1.27. The number of hydrogen-bond donors (Lipinski definition) is 0. The van der Waals surface area contributed by atoms with Crippen LogP contribution in [-0.2, 0) is 11.8 Å². The highest BCUT2D eigenvalue weighted by Crippen LogP contribution is 2.40. The lowest BCUT2D eigenvalue weighted by Gasteiger charge is -2.33. The lowest BCUT2D eigenvalue weighted by Crippen LogP contribution is -2.40. The first-order valence-corrected chi connectivity index (χ1v) is 6.79. The average molecular weight is 238 g/mol. The zero-order chi connectivity index (χ0) is 12.1. The Labute approximate surface area is 103 Å². The summed E-state index contributed by atoms with van der Waals surface area (Å²) in [6.07, 6.45) is 1.17. The maximum atomic E-state index is 4.85. The third-order valence-electron chi connectivity index (χ3n) is 2.95. The fraction of sp³-hybridized carbons (Fsp3) is 0.769. The Balaban J connectivity index is 2.38. The van der Waals surface area contributed by atoms with Crippen molar-refractivity contribution in [2.45, 2.75) is 58.9 Å². The van der Waals surface area contributed by atoms with Gasteiger partial charge in [-0.25, -0.2) is 4.98 Å². The summed E-state index contributed by atoms with van der Waals surface area (Å²) in [7, 11) is 0. The minimum absolute atomic E-state index is 0.179. The monoisotopic (exact) mass is 238 g/mol. The Hall–Kier alpha value is -0.570. The van der Waals surface area contributed by atoms with Gasteiger partial charge in [-0.1, -0.05) is 20.8 Å². The molecule has 0 saturated carbocycles. The fourth-order valence-corrected chi connectivity index (χ4v) is 3.12. The predicted octanol–water partition coefficient (Wildman–Crippen LogP) is 3.60. The van der Waals surface area contributed by atoms with Gasteiger partial charge in [0.2, 0.25) is 0 Å². The molecular formula is C13H22N2S. The number of hydrogen-bond acceptors (Lipinski definition) is 3. The van der Waals surface area contributed by atoms with Gasteiger partial charge in [-0.3, -0.25) is 0 Å². The summed E-state index contributed by atoms with van der Waals surface area (Å²) in [6, 6.07) is 0. The van der Waals surface area contributed by atoms with Crippen LogP contribution >= 0.6 is 11.3 Å². The zero-order valence-corrected chi connectivity index (χ0v) is 12.0. The predicted molar refractivity (Wildman–Crippen MR) is 71.6 cm³/mol. The summed E-state index contributed by atoms with van der Waals surface area (Å²) in [5.74, 6) is 1.24. The molecule has 0 unspecified atom stereocenters. The Morgan fingerprint density at radius 2 is 1.75 bits per heavy atom. The number of thiazole rings is 1. The Bertz CT molecular complexity index is 393. The minimum Gasteiger partial charge on any atom is -0.350 e. The summed E-state index contributed by atoms with van der Waals surface area (Å²) in [5.41, 5.74) is 0.368. The Morgan fingerprint density at radius 3 is 2.25 bits per heavy atom. The second-order valence-corrected chi connectivity index (χ2v) is 7.67. The third-order valence-corrected chi connectivity index (χ3v) is 4.48. The van der Waals surface area contributed by atoms with E-state index in [1.54, 1.807) is 0 Å². The van der Waals surface area contributed by atoms with E-state index in [1.165, 1.54) is 22.1 Å². The van der Waals surface area contributed by atoms with E-state index in [9.17, 15) is 0 Å². The SMILES string of the molecule is CC(C)(C)c1nc2c(s1)CCN2C(C)(C)C. The van der Waals surface area contributed by atoms with E-state index >= 15 is 0 Å². The molecule has 2 rings (SSSR count). The van der Waals surface area contributed by atoms with Crippen molar-refractivity contribution in [3.8, 4) is 0 Å². The molecule has 90 valence electrons. The van der Waals surface area contributed by atoms with Crippen molar-refractivity contribution in [3.63, 3.8) is 0 Å². The van der Waals surface area contributed by atoms with Crippen molar-refractivity contribution in [1.29, 1.82) is 0 Å². The average Bonchev–Trinajstić information content (AvgIpc) is 2.53.